The van der Waals surface area contributed by atoms with Gasteiger partial charge in [0.05, 0.1) is 16.2 Å². The van der Waals surface area contributed by atoms with Gasteiger partial charge in [-0.15, -0.1) is 0 Å². The van der Waals surface area contributed by atoms with Gasteiger partial charge < -0.3 is 10.0 Å². The number of benzene rings is 1. The highest BCUT2D eigenvalue weighted by Gasteiger charge is 2.26. The van der Waals surface area contributed by atoms with Crippen molar-refractivity contribution in [3.8, 4) is 5.75 Å². The topological polar surface area (TPSA) is 66.6 Å². The van der Waals surface area contributed by atoms with Crippen LogP contribution in [0.4, 0.5) is 11.4 Å². The number of nitrogens with zero attached hydrogens (tertiary/aromatic N) is 2. The van der Waals surface area contributed by atoms with Crippen molar-refractivity contribution in [3.63, 3.8) is 0 Å². The molecule has 0 atom stereocenters. The first-order valence-electron chi connectivity index (χ1n) is 5.46. The monoisotopic (exact) mass is 234 g/mol. The Balaban J connectivity index is 2.66. The van der Waals surface area contributed by atoms with E-state index < -0.39 is 4.92 Å². The second-order valence-corrected chi connectivity index (χ2v) is 4.27. The van der Waals surface area contributed by atoms with E-state index in [0.29, 0.717) is 17.8 Å². The molecule has 0 radical (unpaired) electrons. The van der Waals surface area contributed by atoms with Crippen molar-refractivity contribution < 1.29 is 10.0 Å². The van der Waals surface area contributed by atoms with Crippen molar-refractivity contribution in [3.05, 3.63) is 33.9 Å². The standard InChI is InChI=1S/C12H14N2O3/c1-8(2)13-7-3-4-9-10(14(16)17)5-6-11(15)12(9)13/h3-6,8,15H,7H2,1-2H3. The van der Waals surface area contributed by atoms with Gasteiger partial charge in [-0.25, -0.2) is 0 Å². The molecule has 0 fully saturated rings. The molecule has 0 aliphatic carbocycles. The lowest BCUT2D eigenvalue weighted by molar-refractivity contribution is -0.385. The molecule has 1 aliphatic rings. The van der Waals surface area contributed by atoms with E-state index >= 15 is 0 Å². The fraction of sp³-hybridized carbons (Fsp3) is 0.333. The fourth-order valence-electron chi connectivity index (χ4n) is 2.06. The lowest BCUT2D eigenvalue weighted by atomic mass is 10.0. The molecule has 1 aromatic rings. The summed E-state index contributed by atoms with van der Waals surface area (Å²) >= 11 is 0. The van der Waals surface area contributed by atoms with E-state index in [0.717, 1.165) is 0 Å². The molecular formula is C12H14N2O3. The van der Waals surface area contributed by atoms with E-state index in [1.165, 1.54) is 12.1 Å². The van der Waals surface area contributed by atoms with Crippen molar-refractivity contribution >= 4 is 17.5 Å². The summed E-state index contributed by atoms with van der Waals surface area (Å²) < 4.78 is 0. The highest BCUT2D eigenvalue weighted by molar-refractivity contribution is 5.82. The Bertz CT molecular complexity index is 495. The summed E-state index contributed by atoms with van der Waals surface area (Å²) in [5, 5.41) is 20.8. The number of anilines is 1. The Morgan fingerprint density at radius 2 is 2.18 bits per heavy atom. The number of rotatable bonds is 2. The van der Waals surface area contributed by atoms with Gasteiger partial charge in [-0.2, -0.15) is 0 Å². The molecule has 0 saturated heterocycles. The first-order valence-corrected chi connectivity index (χ1v) is 5.46. The van der Waals surface area contributed by atoms with Gasteiger partial charge >= 0.3 is 0 Å². The molecule has 0 unspecified atom stereocenters. The van der Waals surface area contributed by atoms with Crippen molar-refractivity contribution in [2.45, 2.75) is 19.9 Å². The molecule has 0 aromatic heterocycles. The van der Waals surface area contributed by atoms with Crippen LogP contribution in [-0.4, -0.2) is 22.6 Å². The number of fused-ring (bicyclic) bond motifs is 1. The van der Waals surface area contributed by atoms with Crippen molar-refractivity contribution in [1.29, 1.82) is 0 Å². The van der Waals surface area contributed by atoms with Crippen LogP contribution in [0.25, 0.3) is 6.08 Å². The molecule has 17 heavy (non-hydrogen) atoms. The summed E-state index contributed by atoms with van der Waals surface area (Å²) in [6.07, 6.45) is 3.57. The molecule has 5 nitrogen and oxygen atoms in total. The van der Waals surface area contributed by atoms with Crippen LogP contribution in [0.3, 0.4) is 0 Å². The van der Waals surface area contributed by atoms with Gasteiger partial charge in [0.2, 0.25) is 0 Å². The molecule has 1 heterocycles. The van der Waals surface area contributed by atoms with E-state index in [2.05, 4.69) is 0 Å². The highest BCUT2D eigenvalue weighted by atomic mass is 16.6. The van der Waals surface area contributed by atoms with E-state index in [-0.39, 0.29) is 17.5 Å². The number of nitro groups is 1. The minimum Gasteiger partial charge on any atom is -0.506 e. The van der Waals surface area contributed by atoms with Gasteiger partial charge in [0.1, 0.15) is 5.75 Å². The maximum Gasteiger partial charge on any atom is 0.278 e. The number of nitro benzene ring substituents is 1. The van der Waals surface area contributed by atoms with E-state index in [9.17, 15) is 15.2 Å². The lowest BCUT2D eigenvalue weighted by Gasteiger charge is -2.32. The van der Waals surface area contributed by atoms with Crippen LogP contribution < -0.4 is 4.90 Å². The highest BCUT2D eigenvalue weighted by Crippen LogP contribution is 2.40. The van der Waals surface area contributed by atoms with Gasteiger partial charge in [0.15, 0.2) is 0 Å². The minimum absolute atomic E-state index is 0.0272. The maximum absolute atomic E-state index is 10.9. The summed E-state index contributed by atoms with van der Waals surface area (Å²) in [5.41, 5.74) is 1.06. The molecule has 1 aliphatic heterocycles. The molecule has 90 valence electrons. The number of hydrogen-bond donors (Lipinski definition) is 1. The van der Waals surface area contributed by atoms with Crippen LogP contribution in [0.15, 0.2) is 18.2 Å². The van der Waals surface area contributed by atoms with Crippen LogP contribution in [0, 0.1) is 10.1 Å². The number of phenolic OH excluding ortho intramolecular Hbond substituents is 1. The van der Waals surface area contributed by atoms with Crippen molar-refractivity contribution in [2.75, 3.05) is 11.4 Å². The Hall–Kier alpha value is -2.04. The summed E-state index contributed by atoms with van der Waals surface area (Å²) in [5.74, 6) is 0.0867. The molecule has 0 saturated carbocycles. The van der Waals surface area contributed by atoms with E-state index in [1.54, 1.807) is 6.08 Å². The average molecular weight is 234 g/mol. The normalized spacial score (nSPS) is 13.9. The summed E-state index contributed by atoms with van der Waals surface area (Å²) in [4.78, 5) is 12.5. The van der Waals surface area contributed by atoms with Crippen LogP contribution in [0.5, 0.6) is 5.75 Å². The number of hydrogen-bond acceptors (Lipinski definition) is 4. The first kappa shape index (κ1) is 11.4. The Morgan fingerprint density at radius 3 is 2.76 bits per heavy atom. The molecule has 1 aromatic carbocycles. The van der Waals surface area contributed by atoms with Gasteiger partial charge in [0, 0.05) is 18.7 Å². The molecule has 5 heteroatoms. The maximum atomic E-state index is 10.9. The van der Waals surface area contributed by atoms with Crippen molar-refractivity contribution in [1.82, 2.24) is 0 Å². The Kier molecular flexibility index (Phi) is 2.75. The third-order valence-corrected chi connectivity index (χ3v) is 2.87. The van der Waals surface area contributed by atoms with Crippen LogP contribution in [0.2, 0.25) is 0 Å². The SMILES string of the molecule is CC(C)N1CC=Cc2c([N+](=O)[O-])ccc(O)c21. The van der Waals surface area contributed by atoms with Gasteiger partial charge in [0.25, 0.3) is 5.69 Å². The smallest absolute Gasteiger partial charge is 0.278 e. The predicted octanol–water partition coefficient (Wildman–Crippen LogP) is 2.54. The second-order valence-electron chi connectivity index (χ2n) is 4.27. The second kappa shape index (κ2) is 4.08. The first-order chi connectivity index (χ1) is 8.02. The number of aromatic hydroxyl groups is 1. The fourth-order valence-corrected chi connectivity index (χ4v) is 2.06. The van der Waals surface area contributed by atoms with Crippen LogP contribution >= 0.6 is 0 Å². The van der Waals surface area contributed by atoms with Crippen molar-refractivity contribution in [2.24, 2.45) is 0 Å². The predicted molar refractivity (Wildman–Crippen MR) is 66.3 cm³/mol. The zero-order valence-corrected chi connectivity index (χ0v) is 9.75. The average Bonchev–Trinajstić information content (AvgIpc) is 2.28. The van der Waals surface area contributed by atoms with E-state index in [1.807, 2.05) is 24.8 Å². The summed E-state index contributed by atoms with van der Waals surface area (Å²) in [7, 11) is 0. The van der Waals surface area contributed by atoms with Gasteiger partial charge in [-0.1, -0.05) is 6.08 Å². The lowest BCUT2D eigenvalue weighted by Crippen LogP contribution is -2.33. The molecular weight excluding hydrogens is 220 g/mol. The van der Waals surface area contributed by atoms with E-state index in [4.69, 9.17) is 0 Å². The molecule has 0 amide bonds. The summed E-state index contributed by atoms with van der Waals surface area (Å²) in [6.45, 7) is 4.63. The zero-order valence-electron chi connectivity index (χ0n) is 9.75. The molecule has 0 bridgehead atoms. The molecule has 2 rings (SSSR count). The van der Waals surface area contributed by atoms with Gasteiger partial charge in [-0.3, -0.25) is 10.1 Å². The molecule has 1 N–H and O–H groups in total. The quantitative estimate of drug-likeness (QED) is 0.630. The van der Waals surface area contributed by atoms with Crippen LogP contribution in [0.1, 0.15) is 19.4 Å². The minimum atomic E-state index is -0.424. The third kappa shape index (κ3) is 1.84. The Morgan fingerprint density at radius 1 is 1.47 bits per heavy atom. The van der Waals surface area contributed by atoms with Crippen LogP contribution in [-0.2, 0) is 0 Å². The number of phenols is 1. The molecule has 0 spiro atoms. The van der Waals surface area contributed by atoms with Gasteiger partial charge in [-0.05, 0) is 26.0 Å². The third-order valence-electron chi connectivity index (χ3n) is 2.87. The Labute approximate surface area is 99.1 Å². The largest absolute Gasteiger partial charge is 0.506 e. The summed E-state index contributed by atoms with van der Waals surface area (Å²) in [6, 6.07) is 2.89. The zero-order chi connectivity index (χ0) is 12.6.